The average molecular weight is 388 g/mol. The molecule has 0 atom stereocenters. The standard InChI is InChI=1S/C24H24N2O3/c1-25(23(27)21-13-15-22(29-2)16-14-21)24(28)26(17-19-9-5-3-6-10-19)18-20-11-7-4-8-12-20/h3-16H,17-18H2,1-2H3. The molecule has 5 nitrogen and oxygen atoms in total. The van der Waals surface area contributed by atoms with Crippen LogP contribution in [0.25, 0.3) is 0 Å². The first-order valence-electron chi connectivity index (χ1n) is 9.37. The van der Waals surface area contributed by atoms with Crippen molar-refractivity contribution in [2.75, 3.05) is 14.2 Å². The van der Waals surface area contributed by atoms with E-state index in [1.807, 2.05) is 60.7 Å². The maximum absolute atomic E-state index is 13.2. The summed E-state index contributed by atoms with van der Waals surface area (Å²) in [4.78, 5) is 28.9. The molecule has 29 heavy (non-hydrogen) atoms. The highest BCUT2D eigenvalue weighted by Gasteiger charge is 2.24. The highest BCUT2D eigenvalue weighted by molar-refractivity contribution is 6.04. The average Bonchev–Trinajstić information content (AvgIpc) is 2.78. The molecular weight excluding hydrogens is 364 g/mol. The summed E-state index contributed by atoms with van der Waals surface area (Å²) in [5, 5.41) is 0. The number of ether oxygens (including phenoxy) is 1. The van der Waals surface area contributed by atoms with E-state index < -0.39 is 0 Å². The number of imide groups is 1. The molecule has 0 aliphatic rings. The quantitative estimate of drug-likeness (QED) is 0.621. The Bertz CT molecular complexity index is 899. The Balaban J connectivity index is 1.80. The molecule has 0 radical (unpaired) electrons. The van der Waals surface area contributed by atoms with Crippen LogP contribution >= 0.6 is 0 Å². The number of urea groups is 1. The van der Waals surface area contributed by atoms with E-state index in [0.717, 1.165) is 16.0 Å². The SMILES string of the molecule is COc1ccc(C(=O)N(C)C(=O)N(Cc2ccccc2)Cc2ccccc2)cc1. The van der Waals surface area contributed by atoms with Crippen LogP contribution in [-0.4, -0.2) is 35.9 Å². The van der Waals surface area contributed by atoms with Crippen LogP contribution in [0.1, 0.15) is 21.5 Å². The molecule has 0 saturated heterocycles. The Kier molecular flexibility index (Phi) is 6.63. The van der Waals surface area contributed by atoms with E-state index in [1.54, 1.807) is 36.3 Å². The molecule has 0 fully saturated rings. The molecule has 3 rings (SSSR count). The number of hydrogen-bond acceptors (Lipinski definition) is 3. The first kappa shape index (κ1) is 20.1. The number of rotatable bonds is 6. The topological polar surface area (TPSA) is 49.9 Å². The monoisotopic (exact) mass is 388 g/mol. The molecule has 5 heteroatoms. The Labute approximate surface area is 171 Å². The number of benzene rings is 3. The van der Waals surface area contributed by atoms with Gasteiger partial charge in [0.1, 0.15) is 5.75 Å². The van der Waals surface area contributed by atoms with Crippen molar-refractivity contribution < 1.29 is 14.3 Å². The highest BCUT2D eigenvalue weighted by Crippen LogP contribution is 2.16. The summed E-state index contributed by atoms with van der Waals surface area (Å²) in [7, 11) is 3.08. The Morgan fingerprint density at radius 2 is 1.24 bits per heavy atom. The molecule has 0 N–H and O–H groups in total. The van der Waals surface area contributed by atoms with Gasteiger partial charge in [-0.05, 0) is 35.4 Å². The van der Waals surface area contributed by atoms with E-state index in [4.69, 9.17) is 4.74 Å². The third-order valence-corrected chi connectivity index (χ3v) is 4.63. The second-order valence-electron chi connectivity index (χ2n) is 6.70. The summed E-state index contributed by atoms with van der Waals surface area (Å²) in [5.74, 6) is 0.300. The van der Waals surface area contributed by atoms with Gasteiger partial charge in [0, 0.05) is 25.7 Å². The predicted octanol–water partition coefficient (Wildman–Crippen LogP) is 4.59. The molecule has 3 amide bonds. The summed E-state index contributed by atoms with van der Waals surface area (Å²) >= 11 is 0. The van der Waals surface area contributed by atoms with E-state index >= 15 is 0 Å². The number of hydrogen-bond donors (Lipinski definition) is 0. The third kappa shape index (κ3) is 5.23. The minimum Gasteiger partial charge on any atom is -0.497 e. The zero-order valence-corrected chi connectivity index (χ0v) is 16.6. The molecule has 3 aromatic rings. The molecular formula is C24H24N2O3. The molecule has 0 heterocycles. The van der Waals surface area contributed by atoms with Crippen LogP contribution in [0.15, 0.2) is 84.9 Å². The number of methoxy groups -OCH3 is 1. The van der Waals surface area contributed by atoms with Crippen LogP contribution < -0.4 is 4.74 Å². The van der Waals surface area contributed by atoms with E-state index in [2.05, 4.69) is 0 Å². The van der Waals surface area contributed by atoms with Crippen LogP contribution in [0, 0.1) is 0 Å². The van der Waals surface area contributed by atoms with Gasteiger partial charge >= 0.3 is 6.03 Å². The van der Waals surface area contributed by atoms with Gasteiger partial charge in [-0.3, -0.25) is 9.69 Å². The normalized spacial score (nSPS) is 10.3. The highest BCUT2D eigenvalue weighted by atomic mass is 16.5. The lowest BCUT2D eigenvalue weighted by Gasteiger charge is -2.27. The zero-order chi connectivity index (χ0) is 20.6. The van der Waals surface area contributed by atoms with Crippen molar-refractivity contribution in [3.8, 4) is 5.75 Å². The van der Waals surface area contributed by atoms with E-state index in [9.17, 15) is 9.59 Å². The second-order valence-corrected chi connectivity index (χ2v) is 6.70. The maximum atomic E-state index is 13.2. The molecule has 0 saturated carbocycles. The summed E-state index contributed by atoms with van der Waals surface area (Å²) in [6.45, 7) is 0.823. The molecule has 3 aromatic carbocycles. The van der Waals surface area contributed by atoms with Crippen LogP contribution in [0.2, 0.25) is 0 Å². The summed E-state index contributed by atoms with van der Waals surface area (Å²) in [5.41, 5.74) is 2.44. The minimum atomic E-state index is -0.358. The van der Waals surface area contributed by atoms with Gasteiger partial charge < -0.3 is 9.64 Å². The minimum absolute atomic E-state index is 0.349. The van der Waals surface area contributed by atoms with Crippen LogP contribution in [0.4, 0.5) is 4.79 Å². The summed E-state index contributed by atoms with van der Waals surface area (Å²) < 4.78 is 5.13. The van der Waals surface area contributed by atoms with Gasteiger partial charge in [-0.2, -0.15) is 0 Å². The summed E-state index contributed by atoms with van der Waals surface area (Å²) in [6, 6.07) is 25.9. The fourth-order valence-electron chi connectivity index (χ4n) is 3.03. The number of amides is 3. The zero-order valence-electron chi connectivity index (χ0n) is 16.6. The van der Waals surface area contributed by atoms with Gasteiger partial charge in [0.25, 0.3) is 5.91 Å². The Morgan fingerprint density at radius 3 is 1.69 bits per heavy atom. The lowest BCUT2D eigenvalue weighted by atomic mass is 10.1. The van der Waals surface area contributed by atoms with E-state index in [1.165, 1.54) is 7.05 Å². The van der Waals surface area contributed by atoms with Crippen molar-refractivity contribution in [1.29, 1.82) is 0 Å². The van der Waals surface area contributed by atoms with Gasteiger partial charge in [0.2, 0.25) is 0 Å². The van der Waals surface area contributed by atoms with Crippen molar-refractivity contribution in [1.82, 2.24) is 9.80 Å². The van der Waals surface area contributed by atoms with E-state index in [0.29, 0.717) is 24.4 Å². The first-order chi connectivity index (χ1) is 14.1. The predicted molar refractivity (Wildman–Crippen MR) is 113 cm³/mol. The van der Waals surface area contributed by atoms with Crippen LogP contribution in [0.3, 0.4) is 0 Å². The van der Waals surface area contributed by atoms with Crippen LogP contribution in [-0.2, 0) is 13.1 Å². The molecule has 0 unspecified atom stereocenters. The molecule has 0 aliphatic carbocycles. The largest absolute Gasteiger partial charge is 0.497 e. The van der Waals surface area contributed by atoms with E-state index in [-0.39, 0.29) is 11.9 Å². The van der Waals surface area contributed by atoms with Gasteiger partial charge in [-0.25, -0.2) is 4.79 Å². The van der Waals surface area contributed by atoms with Crippen molar-refractivity contribution in [2.45, 2.75) is 13.1 Å². The molecule has 0 bridgehead atoms. The van der Waals surface area contributed by atoms with Crippen molar-refractivity contribution in [3.63, 3.8) is 0 Å². The van der Waals surface area contributed by atoms with Gasteiger partial charge in [-0.15, -0.1) is 0 Å². The third-order valence-electron chi connectivity index (χ3n) is 4.63. The number of nitrogens with zero attached hydrogens (tertiary/aromatic N) is 2. The van der Waals surface area contributed by atoms with Gasteiger partial charge in [0.05, 0.1) is 7.11 Å². The van der Waals surface area contributed by atoms with Crippen LogP contribution in [0.5, 0.6) is 5.75 Å². The lowest BCUT2D eigenvalue weighted by Crippen LogP contribution is -2.43. The number of carbonyl (C=O) groups excluding carboxylic acids is 2. The first-order valence-corrected chi connectivity index (χ1v) is 9.37. The fourth-order valence-corrected chi connectivity index (χ4v) is 3.03. The maximum Gasteiger partial charge on any atom is 0.327 e. The second kappa shape index (κ2) is 9.55. The fraction of sp³-hybridized carbons (Fsp3) is 0.167. The summed E-state index contributed by atoms with van der Waals surface area (Å²) in [6.07, 6.45) is 0. The smallest absolute Gasteiger partial charge is 0.327 e. The number of carbonyl (C=O) groups is 2. The molecule has 0 aliphatic heterocycles. The van der Waals surface area contributed by atoms with Crippen molar-refractivity contribution >= 4 is 11.9 Å². The Hall–Kier alpha value is -3.60. The molecule has 0 spiro atoms. The van der Waals surface area contributed by atoms with Gasteiger partial charge in [-0.1, -0.05) is 60.7 Å². The molecule has 0 aromatic heterocycles. The Morgan fingerprint density at radius 1 is 0.759 bits per heavy atom. The van der Waals surface area contributed by atoms with Gasteiger partial charge in [0.15, 0.2) is 0 Å². The lowest BCUT2D eigenvalue weighted by molar-refractivity contribution is 0.0788. The van der Waals surface area contributed by atoms with Crippen molar-refractivity contribution in [2.24, 2.45) is 0 Å². The molecule has 148 valence electrons. The van der Waals surface area contributed by atoms with Crippen molar-refractivity contribution in [3.05, 3.63) is 102 Å².